The predicted octanol–water partition coefficient (Wildman–Crippen LogP) is 0.629. The van der Waals surface area contributed by atoms with Gasteiger partial charge in [0.2, 0.25) is 0 Å². The summed E-state index contributed by atoms with van der Waals surface area (Å²) in [6.07, 6.45) is 4.17. The van der Waals surface area contributed by atoms with E-state index in [1.165, 1.54) is 30.0 Å². The number of anilines is 1. The number of urea groups is 1. The van der Waals surface area contributed by atoms with Gasteiger partial charge in [-0.05, 0) is 32.5 Å². The fourth-order valence-corrected chi connectivity index (χ4v) is 3.56. The number of hydrogen-bond donors (Lipinski definition) is 1. The molecule has 2 fully saturated rings. The Kier molecular flexibility index (Phi) is 5.20. The Balaban J connectivity index is 1.51. The van der Waals surface area contributed by atoms with Crippen molar-refractivity contribution < 1.29 is 4.79 Å². The summed E-state index contributed by atoms with van der Waals surface area (Å²) in [5.74, 6) is 0. The number of carbonyl (C=O) groups is 1. The molecule has 1 atom stereocenters. The van der Waals surface area contributed by atoms with Crippen molar-refractivity contribution in [1.82, 2.24) is 19.3 Å². The van der Waals surface area contributed by atoms with Gasteiger partial charge >= 0.3 is 6.03 Å². The SMILES string of the molecule is CN1CCCC(N2CCN(C(=O)Nc3ccn(C)c(=O)c3)CC2)C1. The maximum Gasteiger partial charge on any atom is 0.321 e. The fourth-order valence-electron chi connectivity index (χ4n) is 3.56. The van der Waals surface area contributed by atoms with Crippen molar-refractivity contribution >= 4 is 11.7 Å². The topological polar surface area (TPSA) is 60.8 Å². The highest BCUT2D eigenvalue weighted by Crippen LogP contribution is 2.17. The first-order valence-corrected chi connectivity index (χ1v) is 8.68. The van der Waals surface area contributed by atoms with Gasteiger partial charge in [0.15, 0.2) is 0 Å². The Morgan fingerprint density at radius 3 is 2.58 bits per heavy atom. The van der Waals surface area contributed by atoms with Gasteiger partial charge in [-0.3, -0.25) is 9.69 Å². The van der Waals surface area contributed by atoms with Crippen molar-refractivity contribution in [2.24, 2.45) is 7.05 Å². The number of aryl methyl sites for hydroxylation is 1. The Morgan fingerprint density at radius 2 is 1.92 bits per heavy atom. The molecule has 1 aromatic rings. The van der Waals surface area contributed by atoms with Crippen LogP contribution in [-0.2, 0) is 7.05 Å². The zero-order valence-electron chi connectivity index (χ0n) is 14.6. The molecule has 0 radical (unpaired) electrons. The number of piperazine rings is 1. The number of likely N-dealkylation sites (tertiary alicyclic amines) is 1. The highest BCUT2D eigenvalue weighted by atomic mass is 16.2. The summed E-state index contributed by atoms with van der Waals surface area (Å²) >= 11 is 0. The second kappa shape index (κ2) is 7.36. The van der Waals surface area contributed by atoms with Crippen LogP contribution in [0.1, 0.15) is 12.8 Å². The molecule has 2 saturated heterocycles. The molecule has 1 aromatic heterocycles. The van der Waals surface area contributed by atoms with Crippen molar-refractivity contribution in [3.63, 3.8) is 0 Å². The van der Waals surface area contributed by atoms with Crippen molar-refractivity contribution in [3.8, 4) is 0 Å². The van der Waals surface area contributed by atoms with Crippen LogP contribution < -0.4 is 10.9 Å². The van der Waals surface area contributed by atoms with E-state index in [0.29, 0.717) is 11.7 Å². The smallest absolute Gasteiger partial charge is 0.321 e. The van der Waals surface area contributed by atoms with E-state index in [1.54, 1.807) is 19.3 Å². The molecule has 132 valence electrons. The summed E-state index contributed by atoms with van der Waals surface area (Å²) in [5.41, 5.74) is 0.429. The quantitative estimate of drug-likeness (QED) is 0.862. The van der Waals surface area contributed by atoms with Gasteiger partial charge in [0.1, 0.15) is 0 Å². The van der Waals surface area contributed by atoms with Crippen LogP contribution in [0.2, 0.25) is 0 Å². The molecule has 3 rings (SSSR count). The third kappa shape index (κ3) is 3.96. The van der Waals surface area contributed by atoms with Crippen molar-refractivity contribution in [2.75, 3.05) is 51.6 Å². The molecule has 0 aromatic carbocycles. The average Bonchev–Trinajstić information content (AvgIpc) is 2.58. The van der Waals surface area contributed by atoms with E-state index in [0.717, 1.165) is 32.7 Å². The minimum atomic E-state index is -0.126. The number of piperidine rings is 1. The second-order valence-corrected chi connectivity index (χ2v) is 6.88. The maximum absolute atomic E-state index is 12.4. The van der Waals surface area contributed by atoms with Gasteiger partial charge in [0, 0.05) is 63.8 Å². The number of nitrogens with one attached hydrogen (secondary N) is 1. The zero-order valence-corrected chi connectivity index (χ0v) is 14.6. The van der Waals surface area contributed by atoms with Gasteiger partial charge in [-0.2, -0.15) is 0 Å². The number of likely N-dealkylation sites (N-methyl/N-ethyl adjacent to an activating group) is 1. The molecule has 2 amide bonds. The molecule has 0 bridgehead atoms. The van der Waals surface area contributed by atoms with Crippen LogP contribution in [-0.4, -0.2) is 77.7 Å². The molecule has 2 aliphatic rings. The van der Waals surface area contributed by atoms with Crippen molar-refractivity contribution in [1.29, 1.82) is 0 Å². The standard InChI is InChI=1S/C17H27N5O2/c1-19-6-3-4-15(13-19)21-8-10-22(11-9-21)17(24)18-14-5-7-20(2)16(23)12-14/h5,7,12,15H,3-4,6,8-11,13H2,1-2H3,(H,18,24). The van der Waals surface area contributed by atoms with Gasteiger partial charge in [-0.1, -0.05) is 0 Å². The Labute approximate surface area is 142 Å². The van der Waals surface area contributed by atoms with E-state index in [9.17, 15) is 9.59 Å². The third-order valence-corrected chi connectivity index (χ3v) is 5.07. The van der Waals surface area contributed by atoms with Crippen LogP contribution in [0.5, 0.6) is 0 Å². The first kappa shape index (κ1) is 17.0. The summed E-state index contributed by atoms with van der Waals surface area (Å²) in [5, 5.41) is 2.83. The highest BCUT2D eigenvalue weighted by Gasteiger charge is 2.28. The lowest BCUT2D eigenvalue weighted by Gasteiger charge is -2.42. The molecule has 0 spiro atoms. The Bertz CT molecular complexity index is 636. The van der Waals surface area contributed by atoms with E-state index in [-0.39, 0.29) is 11.6 Å². The molecule has 1 unspecified atom stereocenters. The Hall–Kier alpha value is -1.86. The number of hydrogen-bond acceptors (Lipinski definition) is 4. The first-order valence-electron chi connectivity index (χ1n) is 8.68. The van der Waals surface area contributed by atoms with Gasteiger partial charge < -0.3 is 19.7 Å². The summed E-state index contributed by atoms with van der Waals surface area (Å²) < 4.78 is 1.48. The van der Waals surface area contributed by atoms with Crippen LogP contribution >= 0.6 is 0 Å². The van der Waals surface area contributed by atoms with Crippen LogP contribution in [0.4, 0.5) is 10.5 Å². The monoisotopic (exact) mass is 333 g/mol. The van der Waals surface area contributed by atoms with Gasteiger partial charge in [-0.15, -0.1) is 0 Å². The normalized spacial score (nSPS) is 23.2. The van der Waals surface area contributed by atoms with Gasteiger partial charge in [-0.25, -0.2) is 4.79 Å². The fraction of sp³-hybridized carbons (Fsp3) is 0.647. The molecule has 7 heteroatoms. The van der Waals surface area contributed by atoms with E-state index in [1.807, 2.05) is 4.90 Å². The van der Waals surface area contributed by atoms with E-state index < -0.39 is 0 Å². The summed E-state index contributed by atoms with van der Waals surface area (Å²) in [6, 6.07) is 3.69. The molecular weight excluding hydrogens is 306 g/mol. The molecule has 3 heterocycles. The molecule has 0 aliphatic carbocycles. The summed E-state index contributed by atoms with van der Waals surface area (Å²) in [4.78, 5) is 30.7. The largest absolute Gasteiger partial charge is 0.322 e. The molecule has 24 heavy (non-hydrogen) atoms. The number of nitrogens with zero attached hydrogens (tertiary/aromatic N) is 4. The van der Waals surface area contributed by atoms with Crippen molar-refractivity contribution in [2.45, 2.75) is 18.9 Å². The molecule has 0 saturated carbocycles. The van der Waals surface area contributed by atoms with Crippen LogP contribution in [0, 0.1) is 0 Å². The molecular formula is C17H27N5O2. The minimum Gasteiger partial charge on any atom is -0.322 e. The zero-order chi connectivity index (χ0) is 17.1. The number of amides is 2. The number of rotatable bonds is 2. The number of aromatic nitrogens is 1. The van der Waals surface area contributed by atoms with Crippen molar-refractivity contribution in [3.05, 3.63) is 28.7 Å². The lowest BCUT2D eigenvalue weighted by molar-refractivity contribution is 0.0717. The molecule has 7 nitrogen and oxygen atoms in total. The summed E-state index contributed by atoms with van der Waals surface area (Å²) in [7, 11) is 3.87. The van der Waals surface area contributed by atoms with Crippen LogP contribution in [0.15, 0.2) is 23.1 Å². The molecule has 2 aliphatic heterocycles. The van der Waals surface area contributed by atoms with Gasteiger partial charge in [0.25, 0.3) is 5.56 Å². The second-order valence-electron chi connectivity index (χ2n) is 6.88. The predicted molar refractivity (Wildman–Crippen MR) is 94.4 cm³/mol. The Morgan fingerprint density at radius 1 is 1.17 bits per heavy atom. The lowest BCUT2D eigenvalue weighted by atomic mass is 10.0. The first-order chi connectivity index (χ1) is 11.5. The van der Waals surface area contributed by atoms with Crippen LogP contribution in [0.25, 0.3) is 0 Å². The maximum atomic E-state index is 12.4. The van der Waals surface area contributed by atoms with E-state index in [4.69, 9.17) is 0 Å². The number of carbonyl (C=O) groups excluding carboxylic acids is 1. The number of pyridine rings is 1. The van der Waals surface area contributed by atoms with Gasteiger partial charge in [0.05, 0.1) is 0 Å². The van der Waals surface area contributed by atoms with E-state index in [2.05, 4.69) is 22.2 Å². The van der Waals surface area contributed by atoms with E-state index >= 15 is 0 Å². The summed E-state index contributed by atoms with van der Waals surface area (Å²) in [6.45, 7) is 5.62. The molecule has 1 N–H and O–H groups in total. The third-order valence-electron chi connectivity index (χ3n) is 5.07. The lowest BCUT2D eigenvalue weighted by Crippen LogP contribution is -2.56. The highest BCUT2D eigenvalue weighted by molar-refractivity contribution is 5.89. The minimum absolute atomic E-state index is 0.122. The van der Waals surface area contributed by atoms with Crippen LogP contribution in [0.3, 0.4) is 0 Å². The average molecular weight is 333 g/mol.